The number of rotatable bonds is 1. The van der Waals surface area contributed by atoms with Gasteiger partial charge in [-0.05, 0) is 26.0 Å². The summed E-state index contributed by atoms with van der Waals surface area (Å²) in [5.74, 6) is 0.872. The Morgan fingerprint density at radius 2 is 1.58 bits per heavy atom. The Kier molecular flexibility index (Phi) is 1.89. The third-order valence-corrected chi connectivity index (χ3v) is 3.91. The molecular weight excluding hydrogens is 238 g/mol. The number of ether oxygens (including phenoxy) is 1. The Labute approximate surface area is 112 Å². The molecule has 0 radical (unpaired) electrons. The van der Waals surface area contributed by atoms with Gasteiger partial charge in [-0.15, -0.1) is 0 Å². The van der Waals surface area contributed by atoms with Gasteiger partial charge < -0.3 is 4.74 Å². The maximum absolute atomic E-state index is 6.16. The molecule has 1 saturated heterocycles. The summed E-state index contributed by atoms with van der Waals surface area (Å²) in [5, 5.41) is 1.96. The molecule has 3 nitrogen and oxygen atoms in total. The smallest absolute Gasteiger partial charge is 0.255 e. The van der Waals surface area contributed by atoms with E-state index in [1.54, 1.807) is 0 Å². The second-order valence-corrected chi connectivity index (χ2v) is 5.48. The van der Waals surface area contributed by atoms with E-state index in [4.69, 9.17) is 9.57 Å². The lowest BCUT2D eigenvalue weighted by atomic mass is 9.87. The fourth-order valence-electron chi connectivity index (χ4n) is 2.92. The van der Waals surface area contributed by atoms with Gasteiger partial charge in [0.15, 0.2) is 5.60 Å². The molecule has 2 heterocycles. The highest BCUT2D eigenvalue weighted by molar-refractivity contribution is 5.65. The van der Waals surface area contributed by atoms with Crippen LogP contribution in [0.5, 0.6) is 5.75 Å². The molecule has 1 atom stereocenters. The maximum atomic E-state index is 6.16. The summed E-state index contributed by atoms with van der Waals surface area (Å²) in [5.41, 5.74) is 1.16. The van der Waals surface area contributed by atoms with Gasteiger partial charge in [0.25, 0.3) is 5.72 Å². The minimum atomic E-state index is -0.511. The summed E-state index contributed by atoms with van der Waals surface area (Å²) in [6.07, 6.45) is 0. The Bertz CT molecular complexity index is 638. The molecule has 2 aliphatic heterocycles. The van der Waals surface area contributed by atoms with Crippen molar-refractivity contribution in [2.75, 3.05) is 5.06 Å². The van der Waals surface area contributed by atoms with Crippen molar-refractivity contribution in [2.24, 2.45) is 0 Å². The van der Waals surface area contributed by atoms with Crippen molar-refractivity contribution in [1.82, 2.24) is 0 Å². The predicted molar refractivity (Wildman–Crippen MR) is 72.8 cm³/mol. The summed E-state index contributed by atoms with van der Waals surface area (Å²) >= 11 is 0. The van der Waals surface area contributed by atoms with Crippen molar-refractivity contribution in [1.29, 1.82) is 0 Å². The second kappa shape index (κ2) is 3.31. The quantitative estimate of drug-likeness (QED) is 0.727. The van der Waals surface area contributed by atoms with Gasteiger partial charge in [0.05, 0.1) is 0 Å². The fraction of sp³-hybridized carbons (Fsp3) is 0.250. The highest BCUT2D eigenvalue weighted by Gasteiger charge is 2.71. The Morgan fingerprint density at radius 1 is 0.895 bits per heavy atom. The fourth-order valence-corrected chi connectivity index (χ4v) is 2.92. The van der Waals surface area contributed by atoms with Gasteiger partial charge in [-0.2, -0.15) is 0 Å². The van der Waals surface area contributed by atoms with E-state index in [1.807, 2.05) is 47.5 Å². The first kappa shape index (κ1) is 10.9. The van der Waals surface area contributed by atoms with Crippen LogP contribution in [-0.2, 0) is 10.6 Å². The topological polar surface area (TPSA) is 24.8 Å². The average molecular weight is 253 g/mol. The molecule has 0 N–H and O–H groups in total. The van der Waals surface area contributed by atoms with Crippen LogP contribution in [0.15, 0.2) is 54.6 Å². The minimum absolute atomic E-state index is 0.442. The zero-order chi connectivity index (χ0) is 13.1. The number of anilines is 1. The SMILES string of the molecule is CC1(C)Oc2ccccc2N2OC21c1ccccc1. The number of hydrogen-bond acceptors (Lipinski definition) is 3. The highest BCUT2D eigenvalue weighted by atomic mass is 16.9. The van der Waals surface area contributed by atoms with Crippen molar-refractivity contribution >= 4 is 5.69 Å². The molecule has 3 heteroatoms. The van der Waals surface area contributed by atoms with Crippen LogP contribution in [0.3, 0.4) is 0 Å². The van der Waals surface area contributed by atoms with E-state index in [2.05, 4.69) is 26.0 Å². The lowest BCUT2D eigenvalue weighted by Gasteiger charge is -2.36. The first-order valence-electron chi connectivity index (χ1n) is 6.48. The third-order valence-electron chi connectivity index (χ3n) is 3.91. The van der Waals surface area contributed by atoms with Gasteiger partial charge in [0, 0.05) is 5.56 Å². The molecule has 0 aromatic heterocycles. The zero-order valence-electron chi connectivity index (χ0n) is 11.0. The largest absolute Gasteiger partial charge is 0.480 e. The Balaban J connectivity index is 1.89. The number of para-hydroxylation sites is 2. The number of hydrogen-bond donors (Lipinski definition) is 0. The van der Waals surface area contributed by atoms with Gasteiger partial charge in [0.1, 0.15) is 11.4 Å². The van der Waals surface area contributed by atoms with Gasteiger partial charge in [-0.1, -0.05) is 42.5 Å². The number of fused-ring (bicyclic) bond motifs is 3. The standard InChI is InChI=1S/C16H15NO2/c1-15(2)16(12-8-4-3-5-9-12)17(19-16)13-10-6-7-11-14(13)18-15/h3-11H,1-2H3. The maximum Gasteiger partial charge on any atom is 0.255 e. The van der Waals surface area contributed by atoms with Crippen LogP contribution in [0.4, 0.5) is 5.69 Å². The normalized spacial score (nSPS) is 26.1. The first-order valence-corrected chi connectivity index (χ1v) is 6.48. The summed E-state index contributed by atoms with van der Waals surface area (Å²) < 4.78 is 6.16. The molecule has 2 aromatic rings. The van der Waals surface area contributed by atoms with Crippen LogP contribution in [0.25, 0.3) is 0 Å². The molecule has 0 spiro atoms. The van der Waals surface area contributed by atoms with Gasteiger partial charge in [-0.3, -0.25) is 0 Å². The molecule has 1 unspecified atom stereocenters. The summed E-state index contributed by atoms with van der Waals surface area (Å²) in [6, 6.07) is 18.2. The van der Waals surface area contributed by atoms with Gasteiger partial charge in [0.2, 0.25) is 0 Å². The zero-order valence-corrected chi connectivity index (χ0v) is 11.0. The van der Waals surface area contributed by atoms with Crippen LogP contribution in [0, 0.1) is 0 Å². The van der Waals surface area contributed by atoms with Crippen molar-refractivity contribution in [3.8, 4) is 5.75 Å². The predicted octanol–water partition coefficient (Wildman–Crippen LogP) is 3.46. The van der Waals surface area contributed by atoms with E-state index in [-0.39, 0.29) is 0 Å². The number of hydroxylamine groups is 1. The van der Waals surface area contributed by atoms with E-state index >= 15 is 0 Å². The molecule has 1 fully saturated rings. The monoisotopic (exact) mass is 253 g/mol. The summed E-state index contributed by atoms with van der Waals surface area (Å²) in [6.45, 7) is 4.13. The Morgan fingerprint density at radius 3 is 2.37 bits per heavy atom. The molecule has 2 aliphatic rings. The third kappa shape index (κ3) is 1.25. The average Bonchev–Trinajstić information content (AvgIpc) is 3.17. The lowest BCUT2D eigenvalue weighted by Crippen LogP contribution is -2.48. The molecule has 4 rings (SSSR count). The first-order chi connectivity index (χ1) is 9.15. The molecule has 19 heavy (non-hydrogen) atoms. The number of benzene rings is 2. The van der Waals surface area contributed by atoms with Crippen molar-refractivity contribution in [2.45, 2.75) is 25.2 Å². The van der Waals surface area contributed by atoms with E-state index in [0.717, 1.165) is 17.0 Å². The summed E-state index contributed by atoms with van der Waals surface area (Å²) in [4.78, 5) is 6.00. The minimum Gasteiger partial charge on any atom is -0.480 e. The second-order valence-electron chi connectivity index (χ2n) is 5.48. The van der Waals surface area contributed by atoms with Crippen LogP contribution in [0.2, 0.25) is 0 Å². The molecule has 0 saturated carbocycles. The molecule has 0 bridgehead atoms. The Hall–Kier alpha value is -2.00. The van der Waals surface area contributed by atoms with Crippen molar-refractivity contribution in [3.63, 3.8) is 0 Å². The van der Waals surface area contributed by atoms with Crippen LogP contribution < -0.4 is 9.80 Å². The number of nitrogens with zero attached hydrogens (tertiary/aromatic N) is 1. The lowest BCUT2D eigenvalue weighted by molar-refractivity contribution is 0.0145. The van der Waals surface area contributed by atoms with Gasteiger partial charge >= 0.3 is 0 Å². The highest BCUT2D eigenvalue weighted by Crippen LogP contribution is 2.61. The van der Waals surface area contributed by atoms with Crippen molar-refractivity contribution in [3.05, 3.63) is 60.2 Å². The summed E-state index contributed by atoms with van der Waals surface area (Å²) in [7, 11) is 0. The molecule has 0 amide bonds. The van der Waals surface area contributed by atoms with Crippen LogP contribution in [-0.4, -0.2) is 5.60 Å². The van der Waals surface area contributed by atoms with Crippen molar-refractivity contribution < 1.29 is 9.57 Å². The van der Waals surface area contributed by atoms with Crippen LogP contribution in [0.1, 0.15) is 19.4 Å². The van der Waals surface area contributed by atoms with Crippen LogP contribution >= 0.6 is 0 Å². The molecule has 0 aliphatic carbocycles. The van der Waals surface area contributed by atoms with E-state index in [9.17, 15) is 0 Å². The molecular formula is C16H15NO2. The van der Waals surface area contributed by atoms with E-state index in [1.165, 1.54) is 0 Å². The molecule has 96 valence electrons. The van der Waals surface area contributed by atoms with E-state index < -0.39 is 11.3 Å². The van der Waals surface area contributed by atoms with Gasteiger partial charge in [-0.25, -0.2) is 9.90 Å². The van der Waals surface area contributed by atoms with E-state index in [0.29, 0.717) is 0 Å². The molecule has 2 aromatic carbocycles.